The van der Waals surface area contributed by atoms with Crippen molar-refractivity contribution in [2.45, 2.75) is 6.04 Å². The van der Waals surface area contributed by atoms with E-state index in [0.29, 0.717) is 73.6 Å². The smallest absolute Gasteiger partial charge is 0.295 e. The lowest BCUT2D eigenvalue weighted by molar-refractivity contribution is -0.907. The van der Waals surface area contributed by atoms with Crippen LogP contribution in [0.4, 0.5) is 0 Å². The van der Waals surface area contributed by atoms with Gasteiger partial charge in [0.15, 0.2) is 11.5 Å². The quantitative estimate of drug-likeness (QED) is 0.269. The van der Waals surface area contributed by atoms with Gasteiger partial charge in [-0.1, -0.05) is 30.3 Å². The molecule has 0 saturated carbocycles. The molecule has 3 heterocycles. The number of quaternary nitrogens is 1. The predicted octanol–water partition coefficient (Wildman–Crippen LogP) is 2.59. The monoisotopic (exact) mass is 543 g/mol. The Bertz CT molecular complexity index is 1430. The number of hydrogen-bond acceptors (Lipinski definition) is 7. The van der Waals surface area contributed by atoms with Crippen LogP contribution in [0.3, 0.4) is 0 Å². The van der Waals surface area contributed by atoms with E-state index in [2.05, 4.69) is 0 Å². The molecule has 3 aromatic carbocycles. The van der Waals surface area contributed by atoms with Crippen LogP contribution in [0, 0.1) is 0 Å². The molecule has 3 aromatic rings. The van der Waals surface area contributed by atoms with Gasteiger partial charge in [0.25, 0.3) is 11.7 Å². The standard InChI is InChI=1S/C31H30N2O7/c34-29(22-9-10-25-26(20-22)39-18-17-38-25)27-28(21-5-4-8-24(19-21)40-23-6-2-1-3-7-23)33(31(36)30(27)35)12-11-32-13-15-37-16-14-32/h1-10,19-20,28,34H,11-18H2/p+1/t28-/m1/s1. The Hall–Kier alpha value is -4.34. The number of amides is 1. The minimum Gasteiger partial charge on any atom is -0.507 e. The number of fused-ring (bicyclic) bond motifs is 1. The van der Waals surface area contributed by atoms with Crippen molar-refractivity contribution in [3.63, 3.8) is 0 Å². The number of nitrogens with one attached hydrogen (secondary N) is 1. The van der Waals surface area contributed by atoms with Gasteiger partial charge in [-0.05, 0) is 48.0 Å². The summed E-state index contributed by atoms with van der Waals surface area (Å²) >= 11 is 0. The van der Waals surface area contributed by atoms with Crippen LogP contribution in [0.2, 0.25) is 0 Å². The van der Waals surface area contributed by atoms with E-state index >= 15 is 0 Å². The average molecular weight is 544 g/mol. The van der Waals surface area contributed by atoms with Crippen LogP contribution < -0.4 is 19.1 Å². The topological polar surface area (TPSA) is 99.0 Å². The first kappa shape index (κ1) is 25.9. The second-order valence-corrected chi connectivity index (χ2v) is 9.95. The molecule has 1 atom stereocenters. The van der Waals surface area contributed by atoms with Gasteiger partial charge >= 0.3 is 0 Å². The number of Topliss-reactive ketones (excluding diaryl/α,β-unsaturated/α-hetero) is 1. The fraction of sp³-hybridized carbons (Fsp3) is 0.290. The summed E-state index contributed by atoms with van der Waals surface area (Å²) in [5.74, 6) is 0.674. The van der Waals surface area contributed by atoms with Crippen LogP contribution in [-0.4, -0.2) is 74.3 Å². The molecule has 0 bridgehead atoms. The first-order chi connectivity index (χ1) is 19.6. The Morgan fingerprint density at radius 3 is 2.42 bits per heavy atom. The highest BCUT2D eigenvalue weighted by Crippen LogP contribution is 2.41. The van der Waals surface area contributed by atoms with Gasteiger partial charge in [0, 0.05) is 5.56 Å². The van der Waals surface area contributed by atoms with E-state index in [1.54, 1.807) is 23.1 Å². The number of ketones is 1. The molecule has 3 aliphatic heterocycles. The summed E-state index contributed by atoms with van der Waals surface area (Å²) in [6, 6.07) is 20.9. The van der Waals surface area contributed by atoms with Crippen molar-refractivity contribution in [2.24, 2.45) is 0 Å². The maximum atomic E-state index is 13.5. The van der Waals surface area contributed by atoms with Gasteiger partial charge in [0.2, 0.25) is 0 Å². The third-order valence-electron chi connectivity index (χ3n) is 7.41. The van der Waals surface area contributed by atoms with Crippen LogP contribution in [0.15, 0.2) is 78.4 Å². The van der Waals surface area contributed by atoms with Crippen LogP contribution in [0.5, 0.6) is 23.0 Å². The number of aliphatic hydroxyl groups excluding tert-OH is 1. The summed E-state index contributed by atoms with van der Waals surface area (Å²) in [4.78, 5) is 29.8. The van der Waals surface area contributed by atoms with Gasteiger partial charge in [-0.15, -0.1) is 0 Å². The van der Waals surface area contributed by atoms with Gasteiger partial charge < -0.3 is 33.9 Å². The molecule has 2 saturated heterocycles. The first-order valence-electron chi connectivity index (χ1n) is 13.5. The number of morpholine rings is 1. The van der Waals surface area contributed by atoms with Gasteiger partial charge in [-0.25, -0.2) is 0 Å². The van der Waals surface area contributed by atoms with Crippen molar-refractivity contribution < 1.29 is 38.5 Å². The lowest BCUT2D eigenvalue weighted by Gasteiger charge is -2.29. The number of nitrogens with zero attached hydrogens (tertiary/aromatic N) is 1. The normalized spacial score (nSPS) is 20.5. The van der Waals surface area contributed by atoms with Crippen molar-refractivity contribution in [1.29, 1.82) is 0 Å². The molecule has 40 heavy (non-hydrogen) atoms. The highest BCUT2D eigenvalue weighted by molar-refractivity contribution is 6.46. The number of rotatable bonds is 7. The highest BCUT2D eigenvalue weighted by Gasteiger charge is 2.46. The second-order valence-electron chi connectivity index (χ2n) is 9.95. The number of aliphatic hydroxyl groups is 1. The van der Waals surface area contributed by atoms with Crippen molar-refractivity contribution >= 4 is 17.4 Å². The molecule has 3 aliphatic rings. The maximum absolute atomic E-state index is 13.5. The summed E-state index contributed by atoms with van der Waals surface area (Å²) in [7, 11) is 0. The number of hydrogen-bond donors (Lipinski definition) is 2. The Balaban J connectivity index is 1.39. The molecular weight excluding hydrogens is 512 g/mol. The maximum Gasteiger partial charge on any atom is 0.295 e. The lowest BCUT2D eigenvalue weighted by atomic mass is 9.95. The number of carbonyl (C=O) groups is 2. The number of carbonyl (C=O) groups excluding carboxylic acids is 2. The predicted molar refractivity (Wildman–Crippen MR) is 146 cm³/mol. The second kappa shape index (κ2) is 11.4. The number of likely N-dealkylation sites (tertiary alicyclic amines) is 1. The molecule has 2 fully saturated rings. The highest BCUT2D eigenvalue weighted by atomic mass is 16.6. The summed E-state index contributed by atoms with van der Waals surface area (Å²) < 4.78 is 22.8. The SMILES string of the molecule is O=C1C(=O)N(CC[NH+]2CCOCC2)[C@H](c2cccc(Oc3ccccc3)c2)C1=C(O)c1ccc2c(c1)OCCO2. The van der Waals surface area contributed by atoms with Crippen molar-refractivity contribution in [1.82, 2.24) is 4.90 Å². The third-order valence-corrected chi connectivity index (χ3v) is 7.41. The van der Waals surface area contributed by atoms with Crippen molar-refractivity contribution in [3.05, 3.63) is 89.5 Å². The molecule has 2 N–H and O–H groups in total. The fourth-order valence-electron chi connectivity index (χ4n) is 5.36. The van der Waals surface area contributed by atoms with Gasteiger partial charge in [0.1, 0.15) is 43.6 Å². The molecule has 0 radical (unpaired) electrons. The van der Waals surface area contributed by atoms with E-state index in [1.807, 2.05) is 54.6 Å². The van der Waals surface area contributed by atoms with E-state index in [-0.39, 0.29) is 11.3 Å². The van der Waals surface area contributed by atoms with Crippen LogP contribution in [0.25, 0.3) is 5.76 Å². The molecular formula is C31H31N2O7+. The van der Waals surface area contributed by atoms with E-state index in [1.165, 1.54) is 4.90 Å². The van der Waals surface area contributed by atoms with Crippen LogP contribution in [0.1, 0.15) is 17.2 Å². The van der Waals surface area contributed by atoms with Gasteiger partial charge in [0.05, 0.1) is 37.9 Å². The minimum atomic E-state index is -0.784. The number of ether oxygens (including phenoxy) is 4. The van der Waals surface area contributed by atoms with E-state index in [4.69, 9.17) is 18.9 Å². The summed E-state index contributed by atoms with van der Waals surface area (Å²) in [5.41, 5.74) is 1.09. The number of para-hydroxylation sites is 1. The molecule has 1 amide bonds. The third kappa shape index (κ3) is 5.25. The zero-order valence-electron chi connectivity index (χ0n) is 22.0. The Morgan fingerprint density at radius 2 is 1.62 bits per heavy atom. The van der Waals surface area contributed by atoms with Gasteiger partial charge in [-0.2, -0.15) is 0 Å². The van der Waals surface area contributed by atoms with Crippen LogP contribution in [-0.2, 0) is 14.3 Å². The lowest BCUT2D eigenvalue weighted by Crippen LogP contribution is -3.14. The fourth-order valence-corrected chi connectivity index (χ4v) is 5.36. The molecule has 0 spiro atoms. The summed E-state index contributed by atoms with van der Waals surface area (Å²) in [6.07, 6.45) is 0. The van der Waals surface area contributed by atoms with Crippen molar-refractivity contribution in [2.75, 3.05) is 52.6 Å². The van der Waals surface area contributed by atoms with Crippen molar-refractivity contribution in [3.8, 4) is 23.0 Å². The summed E-state index contributed by atoms with van der Waals surface area (Å²) in [6.45, 7) is 4.86. The molecule has 0 unspecified atom stereocenters. The molecule has 9 nitrogen and oxygen atoms in total. The largest absolute Gasteiger partial charge is 0.507 e. The Labute approximate surface area is 232 Å². The molecule has 9 heteroatoms. The molecule has 0 aromatic heterocycles. The van der Waals surface area contributed by atoms with E-state index < -0.39 is 17.7 Å². The summed E-state index contributed by atoms with van der Waals surface area (Å²) in [5, 5.41) is 11.5. The van der Waals surface area contributed by atoms with Gasteiger partial charge in [-0.3, -0.25) is 9.59 Å². The van der Waals surface area contributed by atoms with Crippen LogP contribution >= 0.6 is 0 Å². The number of benzene rings is 3. The zero-order valence-corrected chi connectivity index (χ0v) is 22.0. The first-order valence-corrected chi connectivity index (χ1v) is 13.5. The average Bonchev–Trinajstić information content (AvgIpc) is 3.25. The van der Waals surface area contributed by atoms with E-state index in [0.717, 1.165) is 13.1 Å². The Morgan fingerprint density at radius 1 is 0.875 bits per heavy atom. The van der Waals surface area contributed by atoms with E-state index in [9.17, 15) is 14.7 Å². The molecule has 6 rings (SSSR count). The molecule has 206 valence electrons. The zero-order chi connectivity index (χ0) is 27.5. The minimum absolute atomic E-state index is 0.0375. The Kier molecular flexibility index (Phi) is 7.39. The molecule has 0 aliphatic carbocycles.